The molecule has 0 spiro atoms. The lowest BCUT2D eigenvalue weighted by Gasteiger charge is -2.30. The molecule has 2 aliphatic heterocycles. The first-order valence-electron chi connectivity index (χ1n) is 9.34. The van der Waals surface area contributed by atoms with Crippen LogP contribution < -0.4 is 9.47 Å². The van der Waals surface area contributed by atoms with Crippen LogP contribution in [0, 0.1) is 5.92 Å². The Morgan fingerprint density at radius 2 is 1.96 bits per heavy atom. The lowest BCUT2D eigenvalue weighted by Crippen LogP contribution is -2.46. The zero-order chi connectivity index (χ0) is 19.6. The predicted molar refractivity (Wildman–Crippen MR) is 99.9 cm³/mol. The smallest absolute Gasteiger partial charge is 0.410 e. The van der Waals surface area contributed by atoms with E-state index < -0.39 is 11.7 Å². The monoisotopic (exact) mass is 376 g/mol. The molecule has 27 heavy (non-hydrogen) atoms. The van der Waals surface area contributed by atoms with E-state index in [9.17, 15) is 9.59 Å². The van der Waals surface area contributed by atoms with Gasteiger partial charge in [-0.1, -0.05) is 12.1 Å². The number of para-hydroxylation sites is 2. The minimum absolute atomic E-state index is 0.111. The van der Waals surface area contributed by atoms with Gasteiger partial charge in [-0.05, 0) is 45.2 Å². The zero-order valence-corrected chi connectivity index (χ0v) is 16.4. The number of nitrogens with zero attached hydrogens (tertiary/aromatic N) is 2. The Labute approximate surface area is 160 Å². The molecule has 2 atom stereocenters. The Balaban J connectivity index is 1.50. The number of hydrogen-bond donors (Lipinski definition) is 0. The summed E-state index contributed by atoms with van der Waals surface area (Å²) in [4.78, 5) is 28.3. The predicted octanol–water partition coefficient (Wildman–Crippen LogP) is 2.54. The van der Waals surface area contributed by atoms with Gasteiger partial charge in [0.2, 0.25) is 6.10 Å². The molecule has 148 valence electrons. The summed E-state index contributed by atoms with van der Waals surface area (Å²) in [7, 11) is 1.77. The second-order valence-electron chi connectivity index (χ2n) is 8.16. The number of fused-ring (bicyclic) bond motifs is 1. The molecule has 2 heterocycles. The highest BCUT2D eigenvalue weighted by molar-refractivity contribution is 5.81. The van der Waals surface area contributed by atoms with Gasteiger partial charge in [0.1, 0.15) is 12.2 Å². The second kappa shape index (κ2) is 7.66. The first-order chi connectivity index (χ1) is 12.7. The first-order valence-corrected chi connectivity index (χ1v) is 9.34. The third-order valence-electron chi connectivity index (χ3n) is 4.63. The molecule has 0 N–H and O–H groups in total. The highest BCUT2D eigenvalue weighted by atomic mass is 16.6. The van der Waals surface area contributed by atoms with Crippen LogP contribution in [0.3, 0.4) is 0 Å². The molecule has 1 aromatic rings. The molecule has 1 aromatic carbocycles. The van der Waals surface area contributed by atoms with Crippen LogP contribution in [0.15, 0.2) is 24.3 Å². The van der Waals surface area contributed by atoms with E-state index in [-0.39, 0.29) is 24.5 Å². The van der Waals surface area contributed by atoms with Crippen LogP contribution in [0.1, 0.15) is 27.2 Å². The number of rotatable bonds is 3. The van der Waals surface area contributed by atoms with Crippen LogP contribution in [-0.2, 0) is 9.53 Å². The van der Waals surface area contributed by atoms with Crippen LogP contribution >= 0.6 is 0 Å². The van der Waals surface area contributed by atoms with Gasteiger partial charge in [-0.15, -0.1) is 0 Å². The van der Waals surface area contributed by atoms with E-state index in [4.69, 9.17) is 14.2 Å². The fourth-order valence-corrected chi connectivity index (χ4v) is 3.34. The molecule has 1 saturated heterocycles. The average molecular weight is 376 g/mol. The molecule has 0 saturated carbocycles. The summed E-state index contributed by atoms with van der Waals surface area (Å²) >= 11 is 0. The number of likely N-dealkylation sites (N-methyl/N-ethyl adjacent to an activating group) is 1. The number of hydrogen-bond acceptors (Lipinski definition) is 5. The van der Waals surface area contributed by atoms with Crippen molar-refractivity contribution in [1.82, 2.24) is 9.80 Å². The Bertz CT molecular complexity index is 700. The third-order valence-corrected chi connectivity index (χ3v) is 4.63. The van der Waals surface area contributed by atoms with Gasteiger partial charge in [-0.25, -0.2) is 4.79 Å². The lowest BCUT2D eigenvalue weighted by molar-refractivity contribution is -0.140. The van der Waals surface area contributed by atoms with Crippen molar-refractivity contribution in [2.45, 2.75) is 38.9 Å². The summed E-state index contributed by atoms with van der Waals surface area (Å²) in [5.74, 6) is 1.36. The molecular weight excluding hydrogens is 348 g/mol. The van der Waals surface area contributed by atoms with Gasteiger partial charge in [-0.3, -0.25) is 4.79 Å². The quantitative estimate of drug-likeness (QED) is 0.811. The fourth-order valence-electron chi connectivity index (χ4n) is 3.34. The maximum Gasteiger partial charge on any atom is 0.410 e. The molecule has 0 radical (unpaired) electrons. The van der Waals surface area contributed by atoms with Crippen molar-refractivity contribution in [3.8, 4) is 11.5 Å². The Hall–Kier alpha value is -2.44. The van der Waals surface area contributed by atoms with Gasteiger partial charge in [0.15, 0.2) is 11.5 Å². The fraction of sp³-hybridized carbons (Fsp3) is 0.600. The number of carbonyl (C=O) groups excluding carboxylic acids is 2. The Morgan fingerprint density at radius 3 is 2.67 bits per heavy atom. The highest BCUT2D eigenvalue weighted by Gasteiger charge is 2.34. The van der Waals surface area contributed by atoms with Crippen molar-refractivity contribution in [1.29, 1.82) is 0 Å². The van der Waals surface area contributed by atoms with Crippen molar-refractivity contribution >= 4 is 12.0 Å². The summed E-state index contributed by atoms with van der Waals surface area (Å²) in [5, 5.41) is 0. The van der Waals surface area contributed by atoms with Crippen molar-refractivity contribution in [2.24, 2.45) is 5.92 Å². The first kappa shape index (κ1) is 19.3. The SMILES string of the molecule is CN(C[C@@H]1CCN(C(=O)OC(C)(C)C)C1)C(=O)[C@@H]1COc2ccccc2O1. The normalized spacial score (nSPS) is 21.7. The third kappa shape index (κ3) is 4.84. The molecule has 0 unspecified atom stereocenters. The molecule has 3 rings (SSSR count). The molecular formula is C20H28N2O5. The summed E-state index contributed by atoms with van der Waals surface area (Å²) in [6.07, 6.45) is -0.0882. The standard InChI is InChI=1S/C20H28N2O5/c1-20(2,3)27-19(24)22-10-9-14(12-22)11-21(4)18(23)17-13-25-15-7-5-6-8-16(15)26-17/h5-8,14,17H,9-13H2,1-4H3/t14-,17-/m0/s1. The van der Waals surface area contributed by atoms with Crippen LogP contribution in [-0.4, -0.2) is 66.8 Å². The van der Waals surface area contributed by atoms with Gasteiger partial charge in [0.05, 0.1) is 0 Å². The second-order valence-corrected chi connectivity index (χ2v) is 8.16. The zero-order valence-electron chi connectivity index (χ0n) is 16.4. The highest BCUT2D eigenvalue weighted by Crippen LogP contribution is 2.31. The van der Waals surface area contributed by atoms with Crippen molar-refractivity contribution in [2.75, 3.05) is 33.3 Å². The average Bonchev–Trinajstić information content (AvgIpc) is 3.08. The molecule has 2 amide bonds. The van der Waals surface area contributed by atoms with Gasteiger partial charge in [0, 0.05) is 26.7 Å². The van der Waals surface area contributed by atoms with Crippen molar-refractivity contribution in [3.63, 3.8) is 0 Å². The van der Waals surface area contributed by atoms with Gasteiger partial charge >= 0.3 is 6.09 Å². The van der Waals surface area contributed by atoms with E-state index in [0.29, 0.717) is 31.1 Å². The summed E-state index contributed by atoms with van der Waals surface area (Å²) < 4.78 is 16.8. The van der Waals surface area contributed by atoms with Crippen LogP contribution in [0.4, 0.5) is 4.79 Å². The molecule has 0 aromatic heterocycles. The van der Waals surface area contributed by atoms with Gasteiger partial charge in [-0.2, -0.15) is 0 Å². The maximum atomic E-state index is 12.7. The van der Waals surface area contributed by atoms with Gasteiger partial charge < -0.3 is 24.0 Å². The van der Waals surface area contributed by atoms with Crippen LogP contribution in [0.25, 0.3) is 0 Å². The minimum atomic E-state index is -0.645. The lowest BCUT2D eigenvalue weighted by atomic mass is 10.1. The summed E-state index contributed by atoms with van der Waals surface area (Å²) in [5.41, 5.74) is -0.503. The van der Waals surface area contributed by atoms with Crippen molar-refractivity contribution < 1.29 is 23.8 Å². The molecule has 2 aliphatic rings. The maximum absolute atomic E-state index is 12.7. The van der Waals surface area contributed by atoms with E-state index in [1.807, 2.05) is 39.0 Å². The van der Waals surface area contributed by atoms with Crippen LogP contribution in [0.5, 0.6) is 11.5 Å². The van der Waals surface area contributed by atoms with E-state index in [1.165, 1.54) is 0 Å². The summed E-state index contributed by atoms with van der Waals surface area (Å²) in [6, 6.07) is 7.34. The Morgan fingerprint density at radius 1 is 1.26 bits per heavy atom. The molecule has 0 aliphatic carbocycles. The minimum Gasteiger partial charge on any atom is -0.485 e. The number of ether oxygens (including phenoxy) is 3. The van der Waals surface area contributed by atoms with E-state index in [1.54, 1.807) is 22.9 Å². The van der Waals surface area contributed by atoms with E-state index in [0.717, 1.165) is 6.42 Å². The Kier molecular flexibility index (Phi) is 5.48. The molecule has 1 fully saturated rings. The molecule has 0 bridgehead atoms. The van der Waals surface area contributed by atoms with E-state index >= 15 is 0 Å². The number of benzene rings is 1. The number of likely N-dealkylation sites (tertiary alicyclic amines) is 1. The van der Waals surface area contributed by atoms with E-state index in [2.05, 4.69) is 0 Å². The molecule has 7 heteroatoms. The summed E-state index contributed by atoms with van der Waals surface area (Å²) in [6.45, 7) is 7.59. The van der Waals surface area contributed by atoms with Gasteiger partial charge in [0.25, 0.3) is 5.91 Å². The molecule has 7 nitrogen and oxygen atoms in total. The number of amides is 2. The van der Waals surface area contributed by atoms with Crippen molar-refractivity contribution in [3.05, 3.63) is 24.3 Å². The van der Waals surface area contributed by atoms with Crippen LogP contribution in [0.2, 0.25) is 0 Å². The number of carbonyl (C=O) groups is 2. The topological polar surface area (TPSA) is 68.3 Å². The largest absolute Gasteiger partial charge is 0.485 e.